The maximum atomic E-state index is 11.8. The summed E-state index contributed by atoms with van der Waals surface area (Å²) in [4.78, 5) is 34.7. The van der Waals surface area contributed by atoms with Crippen molar-refractivity contribution in [2.75, 3.05) is 13.2 Å². The van der Waals surface area contributed by atoms with Crippen LogP contribution in [0.3, 0.4) is 0 Å². The molecule has 0 radical (unpaired) electrons. The molecule has 0 aromatic rings. The van der Waals surface area contributed by atoms with Crippen molar-refractivity contribution < 1.29 is 29.0 Å². The Morgan fingerprint density at radius 2 is 1.35 bits per heavy atom. The van der Waals surface area contributed by atoms with Crippen molar-refractivity contribution in [2.45, 2.75) is 147 Å². The molecule has 2 N–H and O–H groups in total. The second kappa shape index (κ2) is 23.2. The van der Waals surface area contributed by atoms with Gasteiger partial charge in [0.25, 0.3) is 0 Å². The molecule has 1 amide bonds. The van der Waals surface area contributed by atoms with Gasteiger partial charge in [-0.05, 0) is 38.5 Å². The number of carbonyl (C=O) groups excluding carboxylic acids is 3. The molecule has 7 nitrogen and oxygen atoms in total. The van der Waals surface area contributed by atoms with Gasteiger partial charge in [0.2, 0.25) is 5.91 Å². The summed E-state index contributed by atoms with van der Waals surface area (Å²) in [5.74, 6) is -1.09. The van der Waals surface area contributed by atoms with Crippen LogP contribution in [0.4, 0.5) is 0 Å². The fourth-order valence-electron chi connectivity index (χ4n) is 4.43. The minimum absolute atomic E-state index is 0.177. The van der Waals surface area contributed by atoms with Gasteiger partial charge in [-0.15, -0.1) is 0 Å². The number of aliphatic hydroxyl groups is 1. The van der Waals surface area contributed by atoms with Gasteiger partial charge in [0.05, 0.1) is 0 Å². The van der Waals surface area contributed by atoms with Crippen LogP contribution in [-0.2, 0) is 23.9 Å². The lowest BCUT2D eigenvalue weighted by Gasteiger charge is -2.14. The van der Waals surface area contributed by atoms with E-state index in [0.29, 0.717) is 19.3 Å². The first-order valence-corrected chi connectivity index (χ1v) is 15.0. The van der Waals surface area contributed by atoms with Crippen molar-refractivity contribution in [2.24, 2.45) is 0 Å². The number of amides is 1. The van der Waals surface area contributed by atoms with E-state index in [-0.39, 0.29) is 25.1 Å². The van der Waals surface area contributed by atoms with Gasteiger partial charge in [-0.3, -0.25) is 9.59 Å². The third-order valence-electron chi connectivity index (χ3n) is 6.78. The van der Waals surface area contributed by atoms with E-state index in [1.54, 1.807) is 0 Å². The Morgan fingerprint density at radius 1 is 0.838 bits per heavy atom. The zero-order valence-corrected chi connectivity index (χ0v) is 23.4. The number of allylic oxidation sites excluding steroid dienone is 2. The molecule has 2 unspecified atom stereocenters. The standard InChI is InChI=1S/C30H53NO6/c1-2-3-4-5-6-7-8-9-10-11-12-13-14-15-16-17-18-19-20-21-29(34)36-24-26(32)25-37-30(35)27-22-23-28(33)31-27/h11-12,26-27,32H,2-10,13-25H2,1H3,(H,31,33). The predicted octanol–water partition coefficient (Wildman–Crippen LogP) is 6.31. The molecule has 1 aliphatic heterocycles. The number of hydrogen-bond donors (Lipinski definition) is 2. The monoisotopic (exact) mass is 523 g/mol. The molecule has 1 rings (SSSR count). The first kappa shape index (κ1) is 33.1. The molecule has 1 fully saturated rings. The quantitative estimate of drug-likeness (QED) is 0.0873. The number of carbonyl (C=O) groups is 3. The Balaban J connectivity index is 1.82. The molecule has 1 aliphatic rings. The van der Waals surface area contributed by atoms with Gasteiger partial charge in [0.1, 0.15) is 25.4 Å². The Labute approximate surface area is 225 Å². The fraction of sp³-hybridized carbons (Fsp3) is 0.833. The highest BCUT2D eigenvalue weighted by Crippen LogP contribution is 2.12. The van der Waals surface area contributed by atoms with Crippen molar-refractivity contribution in [1.29, 1.82) is 0 Å². The normalized spacial score (nSPS) is 16.2. The summed E-state index contributed by atoms with van der Waals surface area (Å²) in [5, 5.41) is 12.3. The first-order chi connectivity index (χ1) is 18.0. The summed E-state index contributed by atoms with van der Waals surface area (Å²) >= 11 is 0. The van der Waals surface area contributed by atoms with E-state index in [1.165, 1.54) is 89.9 Å². The van der Waals surface area contributed by atoms with E-state index in [1.807, 2.05) is 0 Å². The summed E-state index contributed by atoms with van der Waals surface area (Å²) in [7, 11) is 0. The summed E-state index contributed by atoms with van der Waals surface area (Å²) < 4.78 is 10.0. The molecule has 0 spiro atoms. The Hall–Kier alpha value is -1.89. The molecular weight excluding hydrogens is 470 g/mol. The third-order valence-corrected chi connectivity index (χ3v) is 6.78. The molecule has 214 valence electrons. The number of ether oxygens (including phenoxy) is 2. The Bertz CT molecular complexity index is 636. The molecule has 1 heterocycles. The minimum atomic E-state index is -1.06. The molecular formula is C30H53NO6. The van der Waals surface area contributed by atoms with Crippen LogP contribution >= 0.6 is 0 Å². The molecule has 2 atom stereocenters. The van der Waals surface area contributed by atoms with Crippen molar-refractivity contribution in [1.82, 2.24) is 5.32 Å². The van der Waals surface area contributed by atoms with Crippen LogP contribution in [0.1, 0.15) is 135 Å². The number of nitrogens with one attached hydrogen (secondary N) is 1. The molecule has 7 heteroatoms. The second-order valence-electron chi connectivity index (χ2n) is 10.4. The van der Waals surface area contributed by atoms with Crippen LogP contribution < -0.4 is 5.32 Å². The van der Waals surface area contributed by atoms with E-state index in [2.05, 4.69) is 24.4 Å². The van der Waals surface area contributed by atoms with E-state index >= 15 is 0 Å². The third kappa shape index (κ3) is 19.8. The minimum Gasteiger partial charge on any atom is -0.463 e. The SMILES string of the molecule is CCCCCCCCCCC=CCCCCCCCCCC(=O)OCC(O)COC(=O)C1CCC(=O)N1. The average Bonchev–Trinajstić information content (AvgIpc) is 3.33. The number of aliphatic hydroxyl groups excluding tert-OH is 1. The van der Waals surface area contributed by atoms with Gasteiger partial charge in [0, 0.05) is 12.8 Å². The van der Waals surface area contributed by atoms with Gasteiger partial charge in [-0.2, -0.15) is 0 Å². The summed E-state index contributed by atoms with van der Waals surface area (Å²) in [6.45, 7) is 1.81. The first-order valence-electron chi connectivity index (χ1n) is 15.0. The second-order valence-corrected chi connectivity index (χ2v) is 10.4. The molecule has 37 heavy (non-hydrogen) atoms. The van der Waals surface area contributed by atoms with Gasteiger partial charge in [0.15, 0.2) is 0 Å². The lowest BCUT2D eigenvalue weighted by atomic mass is 10.1. The van der Waals surface area contributed by atoms with Gasteiger partial charge in [-0.1, -0.05) is 96.1 Å². The maximum Gasteiger partial charge on any atom is 0.328 e. The maximum absolute atomic E-state index is 11.8. The molecule has 0 aliphatic carbocycles. The molecule has 1 saturated heterocycles. The van der Waals surface area contributed by atoms with Crippen LogP contribution in [0.5, 0.6) is 0 Å². The van der Waals surface area contributed by atoms with Gasteiger partial charge < -0.3 is 19.9 Å². The zero-order chi connectivity index (χ0) is 27.0. The van der Waals surface area contributed by atoms with Gasteiger partial charge in [-0.25, -0.2) is 4.79 Å². The van der Waals surface area contributed by atoms with E-state index < -0.39 is 18.1 Å². The van der Waals surface area contributed by atoms with Crippen molar-refractivity contribution in [3.05, 3.63) is 12.2 Å². The number of esters is 2. The highest BCUT2D eigenvalue weighted by molar-refractivity contribution is 5.88. The van der Waals surface area contributed by atoms with Crippen molar-refractivity contribution in [3.8, 4) is 0 Å². The fourth-order valence-corrected chi connectivity index (χ4v) is 4.43. The number of rotatable bonds is 24. The average molecular weight is 524 g/mol. The van der Waals surface area contributed by atoms with Crippen LogP contribution in [0.15, 0.2) is 12.2 Å². The molecule has 0 aromatic heterocycles. The van der Waals surface area contributed by atoms with Crippen LogP contribution in [0, 0.1) is 0 Å². The molecule has 0 aromatic carbocycles. The largest absolute Gasteiger partial charge is 0.463 e. The smallest absolute Gasteiger partial charge is 0.328 e. The number of hydrogen-bond acceptors (Lipinski definition) is 6. The highest BCUT2D eigenvalue weighted by Gasteiger charge is 2.28. The predicted molar refractivity (Wildman–Crippen MR) is 147 cm³/mol. The van der Waals surface area contributed by atoms with E-state index in [4.69, 9.17) is 9.47 Å². The molecule has 0 bridgehead atoms. The Kier molecular flexibility index (Phi) is 20.8. The lowest BCUT2D eigenvalue weighted by Crippen LogP contribution is -2.36. The number of unbranched alkanes of at least 4 members (excludes halogenated alkanes) is 15. The van der Waals surface area contributed by atoms with Gasteiger partial charge >= 0.3 is 11.9 Å². The topological polar surface area (TPSA) is 102 Å². The van der Waals surface area contributed by atoms with E-state index in [9.17, 15) is 19.5 Å². The molecule has 0 saturated carbocycles. The lowest BCUT2D eigenvalue weighted by molar-refractivity contribution is -0.154. The van der Waals surface area contributed by atoms with Crippen LogP contribution in [0.25, 0.3) is 0 Å². The van der Waals surface area contributed by atoms with Crippen LogP contribution in [0.2, 0.25) is 0 Å². The van der Waals surface area contributed by atoms with E-state index in [0.717, 1.165) is 19.3 Å². The van der Waals surface area contributed by atoms with Crippen molar-refractivity contribution in [3.63, 3.8) is 0 Å². The Morgan fingerprint density at radius 3 is 1.89 bits per heavy atom. The summed E-state index contributed by atoms with van der Waals surface area (Å²) in [6.07, 6.45) is 26.0. The van der Waals surface area contributed by atoms with Crippen molar-refractivity contribution >= 4 is 17.8 Å². The summed E-state index contributed by atoms with van der Waals surface area (Å²) in [6, 6.07) is -0.645. The van der Waals surface area contributed by atoms with Crippen LogP contribution in [-0.4, -0.2) is 48.3 Å². The highest BCUT2D eigenvalue weighted by atomic mass is 16.6. The summed E-state index contributed by atoms with van der Waals surface area (Å²) in [5.41, 5.74) is 0. The zero-order valence-electron chi connectivity index (χ0n) is 23.4.